The third-order valence-corrected chi connectivity index (χ3v) is 4.09. The Kier molecular flexibility index (Phi) is 3.02. The summed E-state index contributed by atoms with van der Waals surface area (Å²) in [4.78, 5) is 4.28. The van der Waals surface area contributed by atoms with E-state index >= 15 is 0 Å². The molecule has 0 spiro atoms. The molecule has 1 aromatic rings. The number of aliphatic hydroxyl groups is 1. The van der Waals surface area contributed by atoms with Gasteiger partial charge in [0, 0.05) is 17.5 Å². The first kappa shape index (κ1) is 11.6. The number of rotatable bonds is 1. The van der Waals surface area contributed by atoms with Gasteiger partial charge in [-0.2, -0.15) is 0 Å². The minimum atomic E-state index is -0.646. The molecule has 2 nitrogen and oxygen atoms in total. The summed E-state index contributed by atoms with van der Waals surface area (Å²) in [5, 5.41) is 10.7. The lowest BCUT2D eigenvalue weighted by Gasteiger charge is -2.39. The summed E-state index contributed by atoms with van der Waals surface area (Å²) in [5.74, 6) is 1.30. The van der Waals surface area contributed by atoms with Crippen LogP contribution in [0, 0.1) is 18.8 Å². The predicted molar refractivity (Wildman–Crippen MR) is 65.0 cm³/mol. The fourth-order valence-corrected chi connectivity index (χ4v) is 2.59. The maximum absolute atomic E-state index is 10.7. The summed E-state index contributed by atoms with van der Waals surface area (Å²) in [5.41, 5.74) is 1.34. The minimum absolute atomic E-state index is 0.583. The highest BCUT2D eigenvalue weighted by Gasteiger charge is 2.37. The van der Waals surface area contributed by atoms with Crippen molar-refractivity contribution in [3.63, 3.8) is 0 Å². The fraction of sp³-hybridized carbons (Fsp3) is 0.643. The summed E-state index contributed by atoms with van der Waals surface area (Å²) < 4.78 is 0. The maximum Gasteiger partial charge on any atom is 0.0914 e. The third kappa shape index (κ3) is 2.12. The van der Waals surface area contributed by atoms with Crippen LogP contribution in [0.25, 0.3) is 0 Å². The molecule has 2 heteroatoms. The first-order valence-corrected chi connectivity index (χ1v) is 6.17. The summed E-state index contributed by atoms with van der Waals surface area (Å²) >= 11 is 0. The average molecular weight is 219 g/mol. The topological polar surface area (TPSA) is 33.1 Å². The Labute approximate surface area is 97.7 Å². The van der Waals surface area contributed by atoms with Crippen molar-refractivity contribution in [2.45, 2.75) is 45.6 Å². The number of pyridine rings is 1. The highest BCUT2D eigenvalue weighted by Crippen LogP contribution is 2.42. The zero-order valence-electron chi connectivity index (χ0n) is 10.4. The maximum atomic E-state index is 10.7. The van der Waals surface area contributed by atoms with Crippen molar-refractivity contribution in [3.8, 4) is 0 Å². The van der Waals surface area contributed by atoms with Crippen LogP contribution in [0.3, 0.4) is 0 Å². The van der Waals surface area contributed by atoms with Gasteiger partial charge in [0.05, 0.1) is 5.60 Å². The van der Waals surface area contributed by atoms with Crippen LogP contribution >= 0.6 is 0 Å². The van der Waals surface area contributed by atoms with Gasteiger partial charge in [0.2, 0.25) is 0 Å². The molecule has 1 saturated carbocycles. The molecule has 1 aliphatic carbocycles. The summed E-state index contributed by atoms with van der Waals surface area (Å²) in [7, 11) is 0. The largest absolute Gasteiger partial charge is 0.385 e. The number of aromatic nitrogens is 1. The molecule has 0 aliphatic heterocycles. The van der Waals surface area contributed by atoms with Crippen LogP contribution in [0.1, 0.15) is 44.4 Å². The van der Waals surface area contributed by atoms with Gasteiger partial charge in [-0.1, -0.05) is 19.9 Å². The molecule has 0 aromatic carbocycles. The standard InChI is InChI=1S/C14H21NO/c1-10-6-7-14(16,8-11(10)2)13-5-4-12(3)15-9-13/h4-5,9-11,16H,6-8H2,1-3H3. The van der Waals surface area contributed by atoms with Crippen LogP contribution in [0.4, 0.5) is 0 Å². The van der Waals surface area contributed by atoms with E-state index in [1.165, 1.54) is 0 Å². The minimum Gasteiger partial charge on any atom is -0.385 e. The van der Waals surface area contributed by atoms with Gasteiger partial charge in [0.1, 0.15) is 0 Å². The molecule has 3 unspecified atom stereocenters. The molecule has 88 valence electrons. The van der Waals surface area contributed by atoms with Crippen LogP contribution in [0.15, 0.2) is 18.3 Å². The number of hydrogen-bond donors (Lipinski definition) is 1. The highest BCUT2D eigenvalue weighted by atomic mass is 16.3. The van der Waals surface area contributed by atoms with Crippen LogP contribution < -0.4 is 0 Å². The van der Waals surface area contributed by atoms with Gasteiger partial charge in [0.15, 0.2) is 0 Å². The molecule has 0 amide bonds. The van der Waals surface area contributed by atoms with Gasteiger partial charge in [-0.05, 0) is 44.1 Å². The van der Waals surface area contributed by atoms with Crippen molar-refractivity contribution in [3.05, 3.63) is 29.6 Å². The normalized spacial score (nSPS) is 35.0. The van der Waals surface area contributed by atoms with Gasteiger partial charge in [-0.15, -0.1) is 0 Å². The SMILES string of the molecule is Cc1ccc(C2(O)CCC(C)C(C)C2)cn1. The highest BCUT2D eigenvalue weighted by molar-refractivity contribution is 5.21. The Morgan fingerprint density at radius 1 is 1.31 bits per heavy atom. The molecule has 2 rings (SSSR count). The lowest BCUT2D eigenvalue weighted by atomic mass is 9.71. The average Bonchev–Trinajstić information content (AvgIpc) is 2.25. The molecule has 1 fully saturated rings. The molecule has 1 N–H and O–H groups in total. The lowest BCUT2D eigenvalue weighted by molar-refractivity contribution is -0.0338. The van der Waals surface area contributed by atoms with Crippen molar-refractivity contribution >= 4 is 0 Å². The van der Waals surface area contributed by atoms with E-state index in [2.05, 4.69) is 18.8 Å². The van der Waals surface area contributed by atoms with Gasteiger partial charge >= 0.3 is 0 Å². The van der Waals surface area contributed by atoms with Crippen LogP contribution in [-0.4, -0.2) is 10.1 Å². The molecule has 1 aliphatic rings. The number of nitrogens with zero attached hydrogens (tertiary/aromatic N) is 1. The first-order chi connectivity index (χ1) is 7.51. The van der Waals surface area contributed by atoms with E-state index < -0.39 is 5.60 Å². The number of aryl methyl sites for hydroxylation is 1. The van der Waals surface area contributed by atoms with Gasteiger partial charge in [-0.3, -0.25) is 4.98 Å². The van der Waals surface area contributed by atoms with E-state index in [9.17, 15) is 5.11 Å². The van der Waals surface area contributed by atoms with Crippen molar-refractivity contribution < 1.29 is 5.11 Å². The van der Waals surface area contributed by atoms with E-state index in [-0.39, 0.29) is 0 Å². The fourth-order valence-electron chi connectivity index (χ4n) is 2.59. The molecule has 3 atom stereocenters. The molecule has 1 heterocycles. The van der Waals surface area contributed by atoms with Crippen LogP contribution in [0.5, 0.6) is 0 Å². The molecule has 0 saturated heterocycles. The Morgan fingerprint density at radius 2 is 2.06 bits per heavy atom. The molecular weight excluding hydrogens is 198 g/mol. The predicted octanol–water partition coefficient (Wildman–Crippen LogP) is 3.03. The van der Waals surface area contributed by atoms with Gasteiger partial charge < -0.3 is 5.11 Å². The summed E-state index contributed by atoms with van der Waals surface area (Å²) in [6, 6.07) is 4.00. The molecular formula is C14H21NO. The first-order valence-electron chi connectivity index (χ1n) is 6.17. The zero-order chi connectivity index (χ0) is 11.8. The van der Waals surface area contributed by atoms with Crippen molar-refractivity contribution in [1.82, 2.24) is 4.98 Å². The quantitative estimate of drug-likeness (QED) is 0.787. The zero-order valence-corrected chi connectivity index (χ0v) is 10.4. The Morgan fingerprint density at radius 3 is 2.62 bits per heavy atom. The monoisotopic (exact) mass is 219 g/mol. The number of hydrogen-bond acceptors (Lipinski definition) is 2. The van der Waals surface area contributed by atoms with E-state index in [0.29, 0.717) is 5.92 Å². The summed E-state index contributed by atoms with van der Waals surface area (Å²) in [6.07, 6.45) is 4.66. The van der Waals surface area contributed by atoms with Gasteiger partial charge in [-0.25, -0.2) is 0 Å². The van der Waals surface area contributed by atoms with Crippen molar-refractivity contribution in [2.75, 3.05) is 0 Å². The third-order valence-electron chi connectivity index (χ3n) is 4.09. The smallest absolute Gasteiger partial charge is 0.0914 e. The Hall–Kier alpha value is -0.890. The molecule has 16 heavy (non-hydrogen) atoms. The van der Waals surface area contributed by atoms with Crippen LogP contribution in [0.2, 0.25) is 0 Å². The molecule has 0 bridgehead atoms. The second-order valence-corrected chi connectivity index (χ2v) is 5.42. The van der Waals surface area contributed by atoms with Gasteiger partial charge in [0.25, 0.3) is 0 Å². The molecule has 0 radical (unpaired) electrons. The van der Waals surface area contributed by atoms with E-state index in [0.717, 1.165) is 36.4 Å². The van der Waals surface area contributed by atoms with E-state index in [4.69, 9.17) is 0 Å². The second kappa shape index (κ2) is 4.17. The van der Waals surface area contributed by atoms with E-state index in [1.807, 2.05) is 25.3 Å². The Bertz CT molecular complexity index is 360. The molecule has 1 aromatic heterocycles. The van der Waals surface area contributed by atoms with Crippen molar-refractivity contribution in [2.24, 2.45) is 11.8 Å². The van der Waals surface area contributed by atoms with E-state index in [1.54, 1.807) is 0 Å². The Balaban J connectivity index is 2.22. The second-order valence-electron chi connectivity index (χ2n) is 5.42. The van der Waals surface area contributed by atoms with Crippen molar-refractivity contribution in [1.29, 1.82) is 0 Å². The lowest BCUT2D eigenvalue weighted by Crippen LogP contribution is -2.35. The van der Waals surface area contributed by atoms with Crippen LogP contribution in [-0.2, 0) is 5.60 Å². The summed E-state index contributed by atoms with van der Waals surface area (Å²) in [6.45, 7) is 6.48.